The number of fused-ring (bicyclic) bond motifs is 1. The Morgan fingerprint density at radius 2 is 0.658 bits per heavy atom. The minimum absolute atomic E-state index is 0.0282. The third-order valence-electron chi connectivity index (χ3n) is 11.9. The average molecular weight is 1160 g/mol. The highest BCUT2D eigenvalue weighted by atomic mass is 19.4. The molecule has 0 aliphatic heterocycles. The number of alkyl halides is 24. The van der Waals surface area contributed by atoms with Gasteiger partial charge in [0, 0.05) is 17.7 Å². The van der Waals surface area contributed by atoms with Crippen molar-refractivity contribution in [2.75, 3.05) is 0 Å². The fourth-order valence-electron chi connectivity index (χ4n) is 8.47. The smallest absolute Gasteiger partial charge is 0.287 e. The van der Waals surface area contributed by atoms with E-state index in [9.17, 15) is 120 Å². The number of carbonyl (C=O) groups is 1. The van der Waals surface area contributed by atoms with Crippen LogP contribution < -0.4 is 26.4 Å². The van der Waals surface area contributed by atoms with Crippen LogP contribution in [-0.2, 0) is 56.0 Å². The summed E-state index contributed by atoms with van der Waals surface area (Å²) in [5.41, 5.74) is -28.9. The van der Waals surface area contributed by atoms with Crippen LogP contribution in [0.1, 0.15) is 54.9 Å². The Hall–Kier alpha value is -7.82. The zero-order valence-electron chi connectivity index (χ0n) is 38.3. The molecule has 6 aromatic carbocycles. The lowest BCUT2D eigenvalue weighted by molar-refractivity contribution is -0.660. The predicted molar refractivity (Wildman–Crippen MR) is 232 cm³/mol. The molecule has 0 aliphatic rings. The Morgan fingerprint density at radius 3 is 0.924 bits per heavy atom. The minimum atomic E-state index is -6.13. The van der Waals surface area contributed by atoms with Crippen molar-refractivity contribution < 1.29 is 120 Å². The number of para-hydroxylation sites is 1. The maximum Gasteiger partial charge on any atom is 0.416 e. The second-order valence-electron chi connectivity index (χ2n) is 17.2. The van der Waals surface area contributed by atoms with Crippen LogP contribution in [0.3, 0.4) is 0 Å². The van der Waals surface area contributed by atoms with E-state index in [0.717, 1.165) is 10.9 Å². The molecule has 7 rings (SSSR count). The molecule has 0 unspecified atom stereocenters. The number of aromatic nitrogens is 1. The van der Waals surface area contributed by atoms with Crippen molar-refractivity contribution in [1.29, 1.82) is 0 Å². The average Bonchev–Trinajstić information content (AvgIpc) is 3.54. The van der Waals surface area contributed by atoms with Crippen LogP contribution in [-0.4, -0.2) is 16.9 Å². The Morgan fingerprint density at radius 1 is 0.392 bits per heavy atom. The van der Waals surface area contributed by atoms with Crippen LogP contribution in [0.2, 0.25) is 0 Å². The van der Waals surface area contributed by atoms with Gasteiger partial charge in [-0.3, -0.25) is 14.9 Å². The molecule has 420 valence electrons. The summed E-state index contributed by atoms with van der Waals surface area (Å²) in [6.45, 7) is 0.0617. The maximum absolute atomic E-state index is 14.2. The fourth-order valence-corrected chi connectivity index (χ4v) is 8.47. The lowest BCUT2D eigenvalue weighted by atomic mass is 9.12. The number of benzene rings is 6. The molecule has 7 aromatic rings. The largest absolute Gasteiger partial charge is 0.416 e. The molecular weight excluding hydrogens is 1130 g/mol. The molecule has 0 radical (unpaired) electrons. The number of rotatable bonds is 8. The van der Waals surface area contributed by atoms with E-state index in [1.165, 1.54) is 12.3 Å². The van der Waals surface area contributed by atoms with Crippen LogP contribution in [0.25, 0.3) is 10.9 Å². The van der Waals surface area contributed by atoms with Gasteiger partial charge in [0.15, 0.2) is 0 Å². The fraction of sp³-hybridized carbons (Fsp3) is 0.184. The Kier molecular flexibility index (Phi) is 15.9. The molecule has 30 heteroatoms. The van der Waals surface area contributed by atoms with Crippen LogP contribution in [0.15, 0.2) is 140 Å². The highest BCUT2D eigenvalue weighted by Gasteiger charge is 2.47. The molecule has 1 heterocycles. The third kappa shape index (κ3) is 13.5. The van der Waals surface area contributed by atoms with E-state index in [1.54, 1.807) is 34.9 Å². The van der Waals surface area contributed by atoms with Crippen molar-refractivity contribution in [3.05, 3.63) is 200 Å². The number of nitrogens with zero attached hydrogens (tertiary/aromatic N) is 2. The van der Waals surface area contributed by atoms with Gasteiger partial charge in [0.05, 0.1) is 54.8 Å². The van der Waals surface area contributed by atoms with Gasteiger partial charge >= 0.3 is 55.1 Å². The van der Waals surface area contributed by atoms with E-state index in [1.807, 2.05) is 24.3 Å². The van der Waals surface area contributed by atoms with Crippen molar-refractivity contribution >= 4 is 50.4 Å². The summed E-state index contributed by atoms with van der Waals surface area (Å²) >= 11 is 0. The van der Waals surface area contributed by atoms with Gasteiger partial charge in [-0.25, -0.2) is 0 Å². The number of pyridine rings is 1. The second kappa shape index (κ2) is 20.8. The number of Topliss-reactive ketones (excluding diaryl/α,β-unsaturated/α-hetero) is 1. The van der Waals surface area contributed by atoms with Crippen molar-refractivity contribution in [3.63, 3.8) is 0 Å². The quantitative estimate of drug-likeness (QED) is 0.0380. The zero-order chi connectivity index (χ0) is 59.4. The lowest BCUT2D eigenvalue weighted by Gasteiger charge is -2.46. The summed E-state index contributed by atoms with van der Waals surface area (Å²) in [7, 11) is 0. The molecular formula is C49H25BF24N2O3. The summed E-state index contributed by atoms with van der Waals surface area (Å²) < 4.78 is 342. The predicted octanol–water partition coefficient (Wildman–Crippen LogP) is 14.1. The molecule has 0 atom stereocenters. The molecule has 0 spiro atoms. The molecule has 0 fully saturated rings. The van der Waals surface area contributed by atoms with Gasteiger partial charge in [0.25, 0.3) is 0 Å². The van der Waals surface area contributed by atoms with E-state index >= 15 is 0 Å². The van der Waals surface area contributed by atoms with Crippen molar-refractivity contribution in [2.24, 2.45) is 0 Å². The van der Waals surface area contributed by atoms with Crippen molar-refractivity contribution in [2.45, 2.75) is 56.0 Å². The first-order chi connectivity index (χ1) is 35.9. The first-order valence-corrected chi connectivity index (χ1v) is 21.4. The molecule has 0 saturated heterocycles. The van der Waals surface area contributed by atoms with E-state index < -0.39 is 200 Å². The van der Waals surface area contributed by atoms with Gasteiger partial charge in [-0.1, -0.05) is 91.0 Å². The van der Waals surface area contributed by atoms with E-state index in [2.05, 4.69) is 0 Å². The van der Waals surface area contributed by atoms with Gasteiger partial charge in [-0.05, 0) is 30.3 Å². The molecule has 0 amide bonds. The molecule has 0 aliphatic carbocycles. The first kappa shape index (κ1) is 60.4. The molecule has 0 saturated carbocycles. The van der Waals surface area contributed by atoms with Crippen LogP contribution >= 0.6 is 0 Å². The molecule has 0 N–H and O–H groups in total. The highest BCUT2D eigenvalue weighted by molar-refractivity contribution is 7.20. The van der Waals surface area contributed by atoms with Crippen LogP contribution in [0.5, 0.6) is 0 Å². The number of hydrogen-bond donors (Lipinski definition) is 0. The second-order valence-corrected chi connectivity index (χ2v) is 17.2. The summed E-state index contributed by atoms with van der Waals surface area (Å²) in [6.07, 6.45) is -53.4. The summed E-state index contributed by atoms with van der Waals surface area (Å²) in [5, 5.41) is 11.8. The zero-order valence-corrected chi connectivity index (χ0v) is 38.3. The minimum Gasteiger partial charge on any atom is -0.287 e. The molecule has 1 aromatic heterocycles. The van der Waals surface area contributed by atoms with E-state index in [-0.39, 0.29) is 18.0 Å². The monoisotopic (exact) mass is 1160 g/mol. The Balaban J connectivity index is 0.000000378. The normalized spacial score (nSPS) is 13.3. The Bertz CT molecular complexity index is 2990. The number of carbonyl (C=O) groups excluding carboxylic acids is 1. The summed E-state index contributed by atoms with van der Waals surface area (Å²) in [6, 6.07) is 8.91. The van der Waals surface area contributed by atoms with Gasteiger partial charge in [-0.2, -0.15) is 132 Å². The third-order valence-corrected chi connectivity index (χ3v) is 11.9. The first-order valence-electron chi connectivity index (χ1n) is 21.4. The summed E-state index contributed by atoms with van der Waals surface area (Å²) in [5.74, 6) is -0.0868. The number of nitro groups is 1. The van der Waals surface area contributed by atoms with Crippen LogP contribution in [0.4, 0.5) is 111 Å². The van der Waals surface area contributed by atoms with Gasteiger partial charge in [0.1, 0.15) is 6.15 Å². The molecule has 79 heavy (non-hydrogen) atoms. The lowest BCUT2D eigenvalue weighted by Crippen LogP contribution is -2.75. The van der Waals surface area contributed by atoms with Crippen LogP contribution in [0, 0.1) is 10.1 Å². The maximum atomic E-state index is 14.2. The van der Waals surface area contributed by atoms with Gasteiger partial charge < -0.3 is 0 Å². The Labute approximate surface area is 425 Å². The van der Waals surface area contributed by atoms with Crippen molar-refractivity contribution in [3.8, 4) is 0 Å². The van der Waals surface area contributed by atoms with Crippen molar-refractivity contribution in [1.82, 2.24) is 0 Å². The van der Waals surface area contributed by atoms with Gasteiger partial charge in [0.2, 0.25) is 24.0 Å². The molecule has 5 nitrogen and oxygen atoms in total. The number of halogens is 24. The number of ketones is 1. The number of hydrogen-bond acceptors (Lipinski definition) is 3. The van der Waals surface area contributed by atoms with E-state index in [4.69, 9.17) is 0 Å². The molecule has 0 bridgehead atoms. The summed E-state index contributed by atoms with van der Waals surface area (Å²) in [4.78, 5) is 23.0. The topological polar surface area (TPSA) is 64.1 Å². The SMILES string of the molecule is FC(F)(F)c1cc([B-](c2cc(C(F)(F)F)cc(C(F)(F)F)c2)(c2cc(C(F)(F)F)cc(C(F)(F)F)c2)c2cc(C(F)(F)F)cc(C(F)(F)F)c2)cc(C(F)(F)F)c1.O=C(C[n+]1cc([N+](=O)[O-])cc2ccccc21)c1ccccc1. The standard InChI is InChI=1S/C32H12BF24.C17H13N2O3/c34-25(35,36)13-1-14(26(37,38)39)6-21(5-13)33(22-7-15(27(40,41)42)2-16(8-22)28(43,44)45,23-9-17(29(46,47)48)3-18(10-23)30(49,50)51)24-11-19(31(52,53)54)4-20(12-24)32(55,56)57;20-17(13-6-2-1-3-7-13)12-18-11-15(19(21)22)10-14-8-4-5-9-16(14)18/h1-12H;1-11H,12H2/q-1;+1. The van der Waals surface area contributed by atoms with E-state index in [0.29, 0.717) is 5.56 Å². The highest BCUT2D eigenvalue weighted by Crippen LogP contribution is 2.41. The van der Waals surface area contributed by atoms with Gasteiger partial charge in [-0.15, -0.1) is 0 Å².